The van der Waals surface area contributed by atoms with Crippen LogP contribution in [-0.4, -0.2) is 27.2 Å². The maximum Gasteiger partial charge on any atom is 0.0726 e. The van der Waals surface area contributed by atoms with Crippen LogP contribution in [-0.2, 0) is 38.5 Å². The smallest absolute Gasteiger partial charge is 0.0726 e. The second kappa shape index (κ2) is 16.7. The molecule has 5 nitrogen and oxygen atoms in total. The largest absolute Gasteiger partial charge is 0.398 e. The van der Waals surface area contributed by atoms with Gasteiger partial charge in [-0.05, 0) is 131 Å². The fourth-order valence-corrected chi connectivity index (χ4v) is 9.90. The summed E-state index contributed by atoms with van der Waals surface area (Å²) in [4.78, 5) is 16.2. The molecule has 0 atom stereocenters. The Kier molecular flexibility index (Phi) is 11.2. The van der Waals surface area contributed by atoms with Gasteiger partial charge in [0.25, 0.3) is 0 Å². The number of unbranched alkanes of at least 4 members (excludes halogenated alkanes) is 4. The summed E-state index contributed by atoms with van der Waals surface area (Å²) in [6, 6.07) is 25.6. The molecule has 0 spiro atoms. The van der Waals surface area contributed by atoms with Crippen molar-refractivity contribution in [3.63, 3.8) is 0 Å². The van der Waals surface area contributed by atoms with Crippen LogP contribution in [0.5, 0.6) is 0 Å². The van der Waals surface area contributed by atoms with Gasteiger partial charge in [-0.15, -0.1) is 11.8 Å². The van der Waals surface area contributed by atoms with E-state index in [4.69, 9.17) is 20.7 Å². The van der Waals surface area contributed by atoms with Crippen LogP contribution in [0.15, 0.2) is 77.7 Å². The number of aromatic nitrogens is 3. The van der Waals surface area contributed by atoms with E-state index in [1.165, 1.54) is 144 Å². The number of nitrogens with one attached hydrogen (secondary N) is 1. The fourth-order valence-electron chi connectivity index (χ4n) is 8.62. The third kappa shape index (κ3) is 7.64. The molecule has 6 aromatic rings. The van der Waals surface area contributed by atoms with Gasteiger partial charge in [-0.3, -0.25) is 15.0 Å². The molecule has 52 heavy (non-hydrogen) atoms. The molecule has 268 valence electrons. The molecule has 0 radical (unpaired) electrons. The molecule has 0 saturated heterocycles. The van der Waals surface area contributed by atoms with E-state index in [0.29, 0.717) is 0 Å². The van der Waals surface area contributed by atoms with E-state index in [2.05, 4.69) is 71.7 Å². The average Bonchev–Trinajstić information content (AvgIpc) is 3.20. The van der Waals surface area contributed by atoms with Crippen molar-refractivity contribution in [2.45, 2.75) is 114 Å². The first-order chi connectivity index (χ1) is 25.7. The second-order valence-electron chi connectivity index (χ2n) is 14.9. The Labute approximate surface area is 313 Å². The van der Waals surface area contributed by atoms with Crippen LogP contribution in [0.4, 0.5) is 11.4 Å². The molecule has 0 unspecified atom stereocenters. The summed E-state index contributed by atoms with van der Waals surface area (Å²) in [5.41, 5.74) is 20.1. The molecule has 3 aliphatic rings. The Morgan fingerprint density at radius 1 is 0.500 bits per heavy atom. The number of nitrogens with zero attached hydrogens (tertiary/aromatic N) is 3. The minimum atomic E-state index is 0.954. The van der Waals surface area contributed by atoms with Crippen LogP contribution < -0.4 is 11.1 Å². The second-order valence-corrected chi connectivity index (χ2v) is 16.0. The van der Waals surface area contributed by atoms with E-state index in [9.17, 15) is 0 Å². The zero-order valence-electron chi connectivity index (χ0n) is 30.7. The third-order valence-corrected chi connectivity index (χ3v) is 12.6. The van der Waals surface area contributed by atoms with Crippen LogP contribution in [0.3, 0.4) is 0 Å². The average molecular weight is 708 g/mol. The van der Waals surface area contributed by atoms with E-state index in [1.54, 1.807) is 5.56 Å². The van der Waals surface area contributed by atoms with Gasteiger partial charge < -0.3 is 11.1 Å². The van der Waals surface area contributed by atoms with Crippen molar-refractivity contribution in [1.29, 1.82) is 0 Å². The number of thioether (sulfide) groups is 1. The van der Waals surface area contributed by atoms with Gasteiger partial charge in [-0.25, -0.2) is 0 Å². The lowest BCUT2D eigenvalue weighted by Gasteiger charge is -2.21. The highest BCUT2D eigenvalue weighted by atomic mass is 32.2. The van der Waals surface area contributed by atoms with Gasteiger partial charge in [-0.1, -0.05) is 73.9 Å². The van der Waals surface area contributed by atoms with Crippen LogP contribution >= 0.6 is 11.8 Å². The summed E-state index contributed by atoms with van der Waals surface area (Å²) < 4.78 is 0. The monoisotopic (exact) mass is 707 g/mol. The Morgan fingerprint density at radius 2 is 0.981 bits per heavy atom. The molecule has 3 aromatic heterocycles. The summed E-state index contributed by atoms with van der Waals surface area (Å²) >= 11 is 2.09. The lowest BCUT2D eigenvalue weighted by Crippen LogP contribution is -2.12. The predicted octanol–water partition coefficient (Wildman–Crippen LogP) is 11.4. The third-order valence-electron chi connectivity index (χ3n) is 11.4. The first-order valence-electron chi connectivity index (χ1n) is 20.1. The van der Waals surface area contributed by atoms with E-state index >= 15 is 0 Å². The molecule has 0 saturated carbocycles. The van der Waals surface area contributed by atoms with Gasteiger partial charge >= 0.3 is 0 Å². The van der Waals surface area contributed by atoms with Crippen molar-refractivity contribution in [2.24, 2.45) is 0 Å². The Bertz CT molecular complexity index is 2070. The minimum Gasteiger partial charge on any atom is -0.398 e. The van der Waals surface area contributed by atoms with Crippen molar-refractivity contribution in [2.75, 3.05) is 23.3 Å². The SMILES string of the molecule is Nc1c2c(nc3ccccc13)CCCC2.c1ccc2c(NCCCCCCCSc3c4c(nc5ccccc35)CCCC4)c3c(nc2c1)CCCC3. The zero-order valence-corrected chi connectivity index (χ0v) is 31.5. The van der Waals surface area contributed by atoms with E-state index in [0.717, 1.165) is 54.3 Å². The van der Waals surface area contributed by atoms with Crippen molar-refractivity contribution in [1.82, 2.24) is 15.0 Å². The molecule has 0 fully saturated rings. The summed E-state index contributed by atoms with van der Waals surface area (Å²) in [6.45, 7) is 1.06. The summed E-state index contributed by atoms with van der Waals surface area (Å²) in [5.74, 6) is 1.22. The highest BCUT2D eigenvalue weighted by Crippen LogP contribution is 2.37. The highest BCUT2D eigenvalue weighted by molar-refractivity contribution is 7.99. The van der Waals surface area contributed by atoms with Gasteiger partial charge in [0.15, 0.2) is 0 Å². The number of pyridine rings is 3. The molecule has 3 aromatic carbocycles. The number of aryl methyl sites for hydroxylation is 3. The molecule has 9 rings (SSSR count). The fraction of sp³-hybridized carbons (Fsp3) is 0.413. The molecule has 3 aliphatic carbocycles. The number of hydrogen-bond acceptors (Lipinski definition) is 6. The lowest BCUT2D eigenvalue weighted by atomic mass is 9.92. The molecule has 6 heteroatoms. The van der Waals surface area contributed by atoms with E-state index < -0.39 is 0 Å². The van der Waals surface area contributed by atoms with Crippen LogP contribution in [0.1, 0.15) is 104 Å². The summed E-state index contributed by atoms with van der Waals surface area (Å²) in [6.07, 6.45) is 21.0. The topological polar surface area (TPSA) is 76.7 Å². The first-order valence-corrected chi connectivity index (χ1v) is 21.1. The van der Waals surface area contributed by atoms with Gasteiger partial charge in [-0.2, -0.15) is 0 Å². The van der Waals surface area contributed by atoms with Gasteiger partial charge in [0.2, 0.25) is 0 Å². The zero-order chi connectivity index (χ0) is 35.1. The van der Waals surface area contributed by atoms with Crippen molar-refractivity contribution < 1.29 is 0 Å². The number of para-hydroxylation sites is 3. The van der Waals surface area contributed by atoms with Crippen molar-refractivity contribution >= 4 is 55.8 Å². The number of hydrogen-bond donors (Lipinski definition) is 2. The highest BCUT2D eigenvalue weighted by Gasteiger charge is 2.20. The summed E-state index contributed by atoms with van der Waals surface area (Å²) in [7, 11) is 0. The molecule has 0 amide bonds. The molecule has 3 heterocycles. The quantitative estimate of drug-likeness (QED) is 0.109. The number of anilines is 2. The molecule has 0 aliphatic heterocycles. The minimum absolute atomic E-state index is 0.954. The van der Waals surface area contributed by atoms with Crippen LogP contribution in [0.25, 0.3) is 32.7 Å². The van der Waals surface area contributed by atoms with Gasteiger partial charge in [0.1, 0.15) is 0 Å². The molecule has 0 bridgehead atoms. The standard InChI is InChI=1S/C33H39N3S.C13H14N2/c1(2-12-22-34-32-24-14-4-8-18-28(24)35-29-19-9-5-15-25(29)32)3-13-23-37-33-26-16-6-10-20-30(26)36-31-21-11-7-17-27(31)33;14-13-9-5-1-3-7-11(9)15-12-8-4-2-6-10(12)13/h4,6,8,10,14,16,18,20H,1-3,5,7,9,11-13,15,17,19,21-23H2,(H,34,35);1,3,5,7H,2,4,6,8H2,(H2,14,15). The van der Waals surface area contributed by atoms with E-state index in [1.807, 2.05) is 18.2 Å². The Morgan fingerprint density at radius 3 is 1.69 bits per heavy atom. The van der Waals surface area contributed by atoms with Crippen LogP contribution in [0, 0.1) is 0 Å². The Balaban J connectivity index is 0.000000214. The lowest BCUT2D eigenvalue weighted by molar-refractivity contribution is 0.645. The number of nitrogen functional groups attached to an aromatic ring is 1. The Hall–Kier alpha value is -4.16. The number of benzene rings is 3. The maximum atomic E-state index is 6.20. The van der Waals surface area contributed by atoms with Crippen molar-refractivity contribution in [3.05, 3.63) is 107 Å². The number of nitrogens with two attached hydrogens (primary N) is 1. The normalized spacial score (nSPS) is 15.1. The van der Waals surface area contributed by atoms with Crippen molar-refractivity contribution in [3.8, 4) is 0 Å². The first kappa shape index (κ1) is 34.9. The number of fused-ring (bicyclic) bond motifs is 6. The molecule has 3 N–H and O–H groups in total. The van der Waals surface area contributed by atoms with Gasteiger partial charge in [0.05, 0.1) is 16.6 Å². The van der Waals surface area contributed by atoms with Gasteiger partial charge in [0, 0.05) is 56.1 Å². The molecular weight excluding hydrogens is 655 g/mol. The maximum absolute atomic E-state index is 6.20. The van der Waals surface area contributed by atoms with Crippen LogP contribution in [0.2, 0.25) is 0 Å². The summed E-state index contributed by atoms with van der Waals surface area (Å²) in [5, 5.41) is 7.61. The molecular formula is C46H53N5S. The van der Waals surface area contributed by atoms with E-state index in [-0.39, 0.29) is 0 Å². The predicted molar refractivity (Wildman–Crippen MR) is 222 cm³/mol. The number of rotatable bonds is 10.